The van der Waals surface area contributed by atoms with E-state index in [2.05, 4.69) is 16.9 Å². The Hall–Kier alpha value is -1.69. The van der Waals surface area contributed by atoms with Crippen LogP contribution in [0.1, 0.15) is 35.2 Å². The molecule has 0 unspecified atom stereocenters. The lowest BCUT2D eigenvalue weighted by Gasteiger charge is -2.08. The van der Waals surface area contributed by atoms with Gasteiger partial charge in [-0.05, 0) is 42.5 Å². The monoisotopic (exact) mass is 310 g/mol. The molecule has 0 aliphatic rings. The van der Waals surface area contributed by atoms with Crippen LogP contribution in [0.3, 0.4) is 0 Å². The van der Waals surface area contributed by atoms with Crippen molar-refractivity contribution < 1.29 is 14.7 Å². The summed E-state index contributed by atoms with van der Waals surface area (Å²) in [5.41, 5.74) is 1.11. The average Bonchev–Trinajstić information content (AvgIpc) is 2.49. The Kier molecular flexibility index (Phi) is 8.35. The fourth-order valence-corrected chi connectivity index (χ4v) is 2.25. The molecule has 0 aromatic heterocycles. The van der Waals surface area contributed by atoms with Gasteiger partial charge in [0, 0.05) is 13.1 Å². The maximum Gasteiger partial charge on any atom is 0.335 e. The number of carboxylic acid groups (broad SMARTS) is 1. The summed E-state index contributed by atoms with van der Waals surface area (Å²) in [6.45, 7) is 1.07. The zero-order chi connectivity index (χ0) is 15.5. The topological polar surface area (TPSA) is 78.4 Å². The molecular weight excluding hydrogens is 288 g/mol. The van der Waals surface area contributed by atoms with Crippen molar-refractivity contribution in [2.24, 2.45) is 0 Å². The number of unbranched alkanes of at least 4 members (excludes halogenated alkanes) is 2. The lowest BCUT2D eigenvalue weighted by Crippen LogP contribution is -2.35. The normalized spacial score (nSPS) is 10.1. The molecule has 0 bridgehead atoms. The minimum atomic E-state index is -0.950. The number of carbonyl (C=O) groups excluding carboxylic acids is 1. The molecule has 0 atom stereocenters. The van der Waals surface area contributed by atoms with Crippen LogP contribution in [0.2, 0.25) is 0 Å². The quantitative estimate of drug-likeness (QED) is 0.613. The van der Waals surface area contributed by atoms with E-state index in [-0.39, 0.29) is 11.6 Å². The van der Waals surface area contributed by atoms with Crippen molar-refractivity contribution in [1.29, 1.82) is 0 Å². The van der Waals surface area contributed by atoms with Crippen LogP contribution in [0.25, 0.3) is 0 Å². The molecule has 0 radical (unpaired) electrons. The van der Waals surface area contributed by atoms with Crippen LogP contribution in [0.4, 0.5) is 4.79 Å². The first-order valence-corrected chi connectivity index (χ1v) is 8.35. The number of hydrogen-bond donors (Lipinski definition) is 3. The highest BCUT2D eigenvalue weighted by atomic mass is 32.2. The minimum Gasteiger partial charge on any atom is -0.478 e. The van der Waals surface area contributed by atoms with Crippen LogP contribution < -0.4 is 10.6 Å². The molecule has 1 rings (SSSR count). The van der Waals surface area contributed by atoms with Crippen molar-refractivity contribution >= 4 is 23.8 Å². The first-order chi connectivity index (χ1) is 10.1. The Bertz CT molecular complexity index is 449. The van der Waals surface area contributed by atoms with Gasteiger partial charge in [-0.3, -0.25) is 0 Å². The fraction of sp³-hybridized carbons (Fsp3) is 0.467. The molecule has 6 heteroatoms. The second-order valence-corrected chi connectivity index (χ2v) is 5.65. The molecule has 116 valence electrons. The molecule has 1 aromatic carbocycles. The number of carbonyl (C=O) groups is 2. The zero-order valence-electron chi connectivity index (χ0n) is 12.2. The van der Waals surface area contributed by atoms with Gasteiger partial charge in [-0.1, -0.05) is 18.6 Å². The predicted octanol–water partition coefficient (Wildman–Crippen LogP) is 2.72. The molecule has 21 heavy (non-hydrogen) atoms. The van der Waals surface area contributed by atoms with Crippen molar-refractivity contribution in [3.05, 3.63) is 35.4 Å². The molecule has 0 saturated heterocycles. The number of hydrogen-bond acceptors (Lipinski definition) is 3. The molecule has 0 spiro atoms. The van der Waals surface area contributed by atoms with Gasteiger partial charge in [-0.2, -0.15) is 11.8 Å². The van der Waals surface area contributed by atoms with Gasteiger partial charge in [0.1, 0.15) is 0 Å². The Morgan fingerprint density at radius 3 is 2.43 bits per heavy atom. The van der Waals surface area contributed by atoms with Gasteiger partial charge in [0.25, 0.3) is 0 Å². The SMILES string of the molecule is CSCCCCCNC(=O)NCc1ccc(C(=O)O)cc1. The van der Waals surface area contributed by atoms with Crippen molar-refractivity contribution in [2.75, 3.05) is 18.6 Å². The minimum absolute atomic E-state index is 0.192. The summed E-state index contributed by atoms with van der Waals surface area (Å²) in [7, 11) is 0. The number of carboxylic acids is 1. The molecule has 3 N–H and O–H groups in total. The summed E-state index contributed by atoms with van der Waals surface area (Å²) in [4.78, 5) is 22.3. The number of rotatable bonds is 9. The first kappa shape index (κ1) is 17.4. The number of amides is 2. The van der Waals surface area contributed by atoms with Crippen molar-refractivity contribution in [3.63, 3.8) is 0 Å². The van der Waals surface area contributed by atoms with Crippen LogP contribution in [0, 0.1) is 0 Å². The van der Waals surface area contributed by atoms with E-state index in [1.807, 2.05) is 11.8 Å². The number of thioether (sulfide) groups is 1. The highest BCUT2D eigenvalue weighted by Crippen LogP contribution is 2.04. The van der Waals surface area contributed by atoms with Crippen LogP contribution in [0.5, 0.6) is 0 Å². The van der Waals surface area contributed by atoms with Crippen LogP contribution in [-0.2, 0) is 6.54 Å². The zero-order valence-corrected chi connectivity index (χ0v) is 13.0. The van der Waals surface area contributed by atoms with Gasteiger partial charge in [0.05, 0.1) is 5.56 Å². The lowest BCUT2D eigenvalue weighted by molar-refractivity contribution is 0.0697. The largest absolute Gasteiger partial charge is 0.478 e. The van der Waals surface area contributed by atoms with Gasteiger partial charge < -0.3 is 15.7 Å². The average molecular weight is 310 g/mol. The molecule has 0 heterocycles. The summed E-state index contributed by atoms with van der Waals surface area (Å²) in [5, 5.41) is 14.3. The van der Waals surface area contributed by atoms with Crippen LogP contribution in [0.15, 0.2) is 24.3 Å². The number of aromatic carboxylic acids is 1. The number of nitrogens with one attached hydrogen (secondary N) is 2. The van der Waals surface area contributed by atoms with Gasteiger partial charge >= 0.3 is 12.0 Å². The Morgan fingerprint density at radius 1 is 1.10 bits per heavy atom. The Labute approximate surface area is 129 Å². The molecule has 0 aliphatic heterocycles. The number of urea groups is 1. The second kappa shape index (κ2) is 10.1. The summed E-state index contributed by atoms with van der Waals surface area (Å²) >= 11 is 1.84. The third kappa shape index (κ3) is 7.60. The van der Waals surface area contributed by atoms with Gasteiger partial charge in [0.2, 0.25) is 0 Å². The summed E-state index contributed by atoms with van der Waals surface area (Å²) < 4.78 is 0. The number of benzene rings is 1. The highest BCUT2D eigenvalue weighted by Gasteiger charge is 2.03. The van der Waals surface area contributed by atoms with Crippen molar-refractivity contribution in [1.82, 2.24) is 10.6 Å². The van der Waals surface area contributed by atoms with E-state index in [0.717, 1.165) is 18.4 Å². The van der Waals surface area contributed by atoms with E-state index >= 15 is 0 Å². The van der Waals surface area contributed by atoms with Crippen molar-refractivity contribution in [2.45, 2.75) is 25.8 Å². The predicted molar refractivity (Wildman–Crippen MR) is 85.9 cm³/mol. The Balaban J connectivity index is 2.16. The maximum absolute atomic E-state index is 11.6. The molecular formula is C15H22N2O3S. The van der Waals surface area contributed by atoms with E-state index in [9.17, 15) is 9.59 Å². The summed E-state index contributed by atoms with van der Waals surface area (Å²) in [5.74, 6) is 0.215. The molecule has 0 fully saturated rings. The van der Waals surface area contributed by atoms with Gasteiger partial charge in [-0.25, -0.2) is 9.59 Å². The molecule has 0 saturated carbocycles. The lowest BCUT2D eigenvalue weighted by atomic mass is 10.1. The van der Waals surface area contributed by atoms with E-state index in [1.54, 1.807) is 12.1 Å². The van der Waals surface area contributed by atoms with Crippen LogP contribution >= 0.6 is 11.8 Å². The van der Waals surface area contributed by atoms with E-state index in [1.165, 1.54) is 24.3 Å². The highest BCUT2D eigenvalue weighted by molar-refractivity contribution is 7.98. The third-order valence-electron chi connectivity index (χ3n) is 2.96. The van der Waals surface area contributed by atoms with Gasteiger partial charge in [0.15, 0.2) is 0 Å². The second-order valence-electron chi connectivity index (χ2n) is 4.66. The Morgan fingerprint density at radius 2 is 1.81 bits per heavy atom. The molecule has 5 nitrogen and oxygen atoms in total. The summed E-state index contributed by atoms with van der Waals surface area (Å²) in [6.07, 6.45) is 5.38. The molecule has 0 aliphatic carbocycles. The standard InChI is InChI=1S/C15H22N2O3S/c1-21-10-4-2-3-9-16-15(20)17-11-12-5-7-13(8-6-12)14(18)19/h5-8H,2-4,9-11H2,1H3,(H,18,19)(H2,16,17,20). The fourth-order valence-electron chi connectivity index (χ4n) is 1.76. The van der Waals surface area contributed by atoms with E-state index in [0.29, 0.717) is 13.1 Å². The van der Waals surface area contributed by atoms with Crippen LogP contribution in [-0.4, -0.2) is 35.7 Å². The maximum atomic E-state index is 11.6. The van der Waals surface area contributed by atoms with E-state index < -0.39 is 5.97 Å². The smallest absolute Gasteiger partial charge is 0.335 e. The summed E-state index contributed by atoms with van der Waals surface area (Å²) in [6, 6.07) is 6.27. The first-order valence-electron chi connectivity index (χ1n) is 6.96. The molecule has 1 aromatic rings. The molecule has 2 amide bonds. The third-order valence-corrected chi connectivity index (χ3v) is 3.66. The van der Waals surface area contributed by atoms with Gasteiger partial charge in [-0.15, -0.1) is 0 Å². The van der Waals surface area contributed by atoms with Crippen molar-refractivity contribution in [3.8, 4) is 0 Å². The van der Waals surface area contributed by atoms with E-state index in [4.69, 9.17) is 5.11 Å².